The van der Waals surface area contributed by atoms with Crippen LogP contribution in [-0.4, -0.2) is 26.8 Å². The number of nitro groups is 1. The lowest BCUT2D eigenvalue weighted by molar-refractivity contribution is -0.384. The third-order valence-electron chi connectivity index (χ3n) is 4.81. The van der Waals surface area contributed by atoms with Gasteiger partial charge in [-0.3, -0.25) is 24.8 Å². The van der Waals surface area contributed by atoms with Crippen LogP contribution in [0.4, 0.5) is 11.4 Å². The van der Waals surface area contributed by atoms with Crippen LogP contribution in [0.5, 0.6) is 0 Å². The molecule has 34 heavy (non-hydrogen) atoms. The van der Waals surface area contributed by atoms with Gasteiger partial charge < -0.3 is 9.73 Å². The van der Waals surface area contributed by atoms with Crippen molar-refractivity contribution in [1.82, 2.24) is 10.2 Å². The first kappa shape index (κ1) is 22.2. The second-order valence-corrected chi connectivity index (χ2v) is 7.12. The summed E-state index contributed by atoms with van der Waals surface area (Å²) in [5, 5.41) is 20.5. The first-order valence-corrected chi connectivity index (χ1v) is 10.1. The van der Waals surface area contributed by atoms with Crippen molar-refractivity contribution in [3.05, 3.63) is 112 Å². The smallest absolute Gasteiger partial charge is 0.270 e. The lowest BCUT2D eigenvalue weighted by Gasteiger charge is -2.03. The van der Waals surface area contributed by atoms with E-state index in [-0.39, 0.29) is 17.4 Å². The van der Waals surface area contributed by atoms with Gasteiger partial charge in [0.1, 0.15) is 5.76 Å². The summed E-state index contributed by atoms with van der Waals surface area (Å²) in [6, 6.07) is 16.1. The van der Waals surface area contributed by atoms with E-state index in [1.807, 2.05) is 0 Å². The second kappa shape index (κ2) is 10.0. The van der Waals surface area contributed by atoms with Crippen LogP contribution in [0, 0.1) is 10.1 Å². The lowest BCUT2D eigenvalue weighted by Crippen LogP contribution is -2.07. The molecular formula is C25H18N4O5. The average Bonchev–Trinajstić information content (AvgIpc) is 3.54. The molecule has 0 saturated carbocycles. The van der Waals surface area contributed by atoms with Crippen LogP contribution in [0.1, 0.15) is 21.7 Å². The highest BCUT2D eigenvalue weighted by molar-refractivity contribution is 6.07. The lowest BCUT2D eigenvalue weighted by atomic mass is 10.1. The van der Waals surface area contributed by atoms with Gasteiger partial charge in [-0.05, 0) is 54.6 Å². The monoisotopic (exact) mass is 454 g/mol. The normalized spacial score (nSPS) is 11.2. The molecule has 0 radical (unpaired) electrons. The molecule has 0 spiro atoms. The van der Waals surface area contributed by atoms with Crippen LogP contribution in [0.2, 0.25) is 0 Å². The summed E-state index contributed by atoms with van der Waals surface area (Å²) in [6.07, 6.45) is 8.94. The Balaban J connectivity index is 1.41. The Labute approximate surface area is 193 Å². The molecule has 1 amide bonds. The number of furan rings is 1. The Hall–Kier alpha value is -5.05. The number of H-pyrrole nitrogens is 1. The minimum atomic E-state index is -0.472. The van der Waals surface area contributed by atoms with Crippen molar-refractivity contribution in [2.45, 2.75) is 0 Å². The number of non-ortho nitro benzene ring substituents is 1. The number of hydrogen-bond donors (Lipinski definition) is 2. The fraction of sp³-hybridized carbons (Fsp3) is 0. The van der Waals surface area contributed by atoms with E-state index in [1.54, 1.807) is 60.7 Å². The number of hydrogen-bond acceptors (Lipinski definition) is 6. The number of nitro benzene ring substituents is 1. The number of nitrogens with zero attached hydrogens (tertiary/aromatic N) is 2. The van der Waals surface area contributed by atoms with Gasteiger partial charge in [0.05, 0.1) is 23.1 Å². The SMILES string of the molecule is O=C(/C=C/c1ccco1)Nc1ccc(C(=O)/C=C/c2cn[nH]c2-c2cccc([N+](=O)[O-])c2)cc1. The number of aromatic nitrogens is 2. The van der Waals surface area contributed by atoms with E-state index in [0.29, 0.717) is 33.8 Å². The highest BCUT2D eigenvalue weighted by Crippen LogP contribution is 2.26. The van der Waals surface area contributed by atoms with Crippen LogP contribution < -0.4 is 5.32 Å². The highest BCUT2D eigenvalue weighted by atomic mass is 16.6. The molecule has 2 heterocycles. The fourth-order valence-electron chi connectivity index (χ4n) is 3.14. The van der Waals surface area contributed by atoms with Crippen molar-refractivity contribution in [2.24, 2.45) is 0 Å². The fourth-order valence-corrected chi connectivity index (χ4v) is 3.14. The number of allylic oxidation sites excluding steroid dienone is 1. The first-order valence-electron chi connectivity index (χ1n) is 10.1. The summed E-state index contributed by atoms with van der Waals surface area (Å²) in [5.74, 6) is -0.0139. The topological polar surface area (TPSA) is 131 Å². The van der Waals surface area contributed by atoms with E-state index in [4.69, 9.17) is 4.42 Å². The summed E-state index contributed by atoms with van der Waals surface area (Å²) in [4.78, 5) is 35.1. The number of amides is 1. The van der Waals surface area contributed by atoms with E-state index in [2.05, 4.69) is 15.5 Å². The maximum atomic E-state index is 12.6. The zero-order valence-corrected chi connectivity index (χ0v) is 17.7. The number of carbonyl (C=O) groups is 2. The molecule has 9 nitrogen and oxygen atoms in total. The number of nitrogens with one attached hydrogen (secondary N) is 2. The Kier molecular flexibility index (Phi) is 6.55. The van der Waals surface area contributed by atoms with Crippen LogP contribution >= 0.6 is 0 Å². The molecule has 2 N–H and O–H groups in total. The maximum Gasteiger partial charge on any atom is 0.270 e. The Morgan fingerprint density at radius 2 is 1.85 bits per heavy atom. The molecule has 0 unspecified atom stereocenters. The van der Waals surface area contributed by atoms with E-state index in [9.17, 15) is 19.7 Å². The number of rotatable bonds is 8. The number of benzene rings is 2. The van der Waals surface area contributed by atoms with Crippen LogP contribution in [0.3, 0.4) is 0 Å². The Morgan fingerprint density at radius 1 is 1.03 bits per heavy atom. The molecule has 168 valence electrons. The van der Waals surface area contributed by atoms with Gasteiger partial charge in [-0.25, -0.2) is 0 Å². The van der Waals surface area contributed by atoms with Gasteiger partial charge in [-0.1, -0.05) is 12.1 Å². The summed E-state index contributed by atoms with van der Waals surface area (Å²) in [7, 11) is 0. The third-order valence-corrected chi connectivity index (χ3v) is 4.81. The molecular weight excluding hydrogens is 436 g/mol. The molecule has 2 aromatic carbocycles. The van der Waals surface area contributed by atoms with Gasteiger partial charge in [-0.2, -0.15) is 5.10 Å². The molecule has 0 aliphatic carbocycles. The molecule has 0 atom stereocenters. The van der Waals surface area contributed by atoms with Crippen LogP contribution in [0.25, 0.3) is 23.4 Å². The largest absolute Gasteiger partial charge is 0.465 e. The van der Waals surface area contributed by atoms with Gasteiger partial charge >= 0.3 is 0 Å². The Morgan fingerprint density at radius 3 is 2.59 bits per heavy atom. The van der Waals surface area contributed by atoms with Gasteiger partial charge in [0.2, 0.25) is 5.91 Å². The number of carbonyl (C=O) groups excluding carboxylic acids is 2. The van der Waals surface area contributed by atoms with E-state index in [1.165, 1.54) is 36.7 Å². The van der Waals surface area contributed by atoms with Crippen molar-refractivity contribution in [1.29, 1.82) is 0 Å². The van der Waals surface area contributed by atoms with Gasteiger partial charge in [0.15, 0.2) is 5.78 Å². The molecule has 0 fully saturated rings. The maximum absolute atomic E-state index is 12.6. The Bertz CT molecular complexity index is 1380. The summed E-state index contributed by atoms with van der Waals surface area (Å²) < 4.78 is 5.13. The molecule has 4 aromatic rings. The summed E-state index contributed by atoms with van der Waals surface area (Å²) in [5.41, 5.74) is 2.69. The number of aromatic amines is 1. The van der Waals surface area contributed by atoms with Crippen molar-refractivity contribution in [2.75, 3.05) is 5.32 Å². The molecule has 0 aliphatic heterocycles. The summed E-state index contributed by atoms with van der Waals surface area (Å²) >= 11 is 0. The molecule has 4 rings (SSSR count). The van der Waals surface area contributed by atoms with E-state index in [0.717, 1.165) is 0 Å². The van der Waals surface area contributed by atoms with Gasteiger partial charge in [0, 0.05) is 40.6 Å². The standard InChI is InChI=1S/C25H18N4O5/c30-23(12-8-19-16-26-28-25(19)18-3-1-4-21(15-18)29(32)33)17-6-9-20(10-7-17)27-24(31)13-11-22-5-2-14-34-22/h1-16H,(H,26,28)(H,27,31)/b12-8+,13-11+. The number of anilines is 1. The van der Waals surface area contributed by atoms with E-state index < -0.39 is 4.92 Å². The van der Waals surface area contributed by atoms with Gasteiger partial charge in [0.25, 0.3) is 5.69 Å². The molecule has 9 heteroatoms. The van der Waals surface area contributed by atoms with Crippen LogP contribution in [0.15, 0.2) is 89.7 Å². The molecule has 0 bridgehead atoms. The second-order valence-electron chi connectivity index (χ2n) is 7.12. The molecule has 2 aromatic heterocycles. The number of ketones is 1. The molecule has 0 aliphatic rings. The highest BCUT2D eigenvalue weighted by Gasteiger charge is 2.11. The van der Waals surface area contributed by atoms with E-state index >= 15 is 0 Å². The zero-order valence-electron chi connectivity index (χ0n) is 17.7. The molecule has 0 saturated heterocycles. The quantitative estimate of drug-likeness (QED) is 0.164. The zero-order chi connectivity index (χ0) is 23.9. The predicted octanol–water partition coefficient (Wildman–Crippen LogP) is 5.13. The average molecular weight is 454 g/mol. The van der Waals surface area contributed by atoms with Crippen LogP contribution in [-0.2, 0) is 4.79 Å². The van der Waals surface area contributed by atoms with Crippen molar-refractivity contribution < 1.29 is 18.9 Å². The third kappa shape index (κ3) is 5.40. The summed E-state index contributed by atoms with van der Waals surface area (Å²) in [6.45, 7) is 0. The first-order chi connectivity index (χ1) is 16.5. The minimum Gasteiger partial charge on any atom is -0.465 e. The predicted molar refractivity (Wildman–Crippen MR) is 127 cm³/mol. The van der Waals surface area contributed by atoms with Crippen molar-refractivity contribution >= 4 is 35.2 Å². The minimum absolute atomic E-state index is 0.0401. The van der Waals surface area contributed by atoms with Gasteiger partial charge in [-0.15, -0.1) is 0 Å². The van der Waals surface area contributed by atoms with Crippen molar-refractivity contribution in [3.63, 3.8) is 0 Å². The van der Waals surface area contributed by atoms with Crippen molar-refractivity contribution in [3.8, 4) is 11.3 Å².